The molecule has 1 aromatic heterocycles. The predicted molar refractivity (Wildman–Crippen MR) is 60.3 cm³/mol. The van der Waals surface area contributed by atoms with Crippen LogP contribution >= 0.6 is 0 Å². The minimum atomic E-state index is -5.68. The summed E-state index contributed by atoms with van der Waals surface area (Å²) >= 11 is 0. The zero-order chi connectivity index (χ0) is 15.4. The van der Waals surface area contributed by atoms with Crippen molar-refractivity contribution in [1.29, 1.82) is 0 Å². The maximum Gasteiger partial charge on any atom is 0.456 e. The molecule has 0 amide bonds. The van der Waals surface area contributed by atoms with Crippen molar-refractivity contribution in [2.24, 2.45) is 5.84 Å². The lowest BCUT2D eigenvalue weighted by Gasteiger charge is -2.19. The number of nitrogens with one attached hydrogen (secondary N) is 1. The average Bonchev–Trinajstić information content (AvgIpc) is 2.35. The number of aromatic nitrogens is 2. The molecule has 1 heterocycles. The van der Waals surface area contributed by atoms with E-state index in [2.05, 4.69) is 20.1 Å². The van der Waals surface area contributed by atoms with Gasteiger partial charge in [0.05, 0.1) is 0 Å². The molecule has 0 aliphatic heterocycles. The van der Waals surface area contributed by atoms with Crippen LogP contribution < -0.4 is 16.0 Å². The quantitative estimate of drug-likeness (QED) is 0.479. The predicted octanol–water partition coefficient (Wildman–Crippen LogP) is 2.29. The Morgan fingerprint density at radius 3 is 2.40 bits per heavy atom. The third kappa shape index (κ3) is 4.15. The van der Waals surface area contributed by atoms with Crippen LogP contribution in [0.5, 0.6) is 5.88 Å². The second-order valence-corrected chi connectivity index (χ2v) is 3.89. The first-order chi connectivity index (χ1) is 9.19. The van der Waals surface area contributed by atoms with Gasteiger partial charge < -0.3 is 10.2 Å². The van der Waals surface area contributed by atoms with E-state index in [1.54, 1.807) is 0 Å². The van der Waals surface area contributed by atoms with Crippen molar-refractivity contribution < 1.29 is 26.7 Å². The van der Waals surface area contributed by atoms with Crippen molar-refractivity contribution in [2.75, 3.05) is 12.0 Å². The van der Waals surface area contributed by atoms with Crippen LogP contribution in [-0.2, 0) is 6.42 Å². The first-order valence-corrected chi connectivity index (χ1v) is 5.61. The van der Waals surface area contributed by atoms with Gasteiger partial charge in [0.25, 0.3) is 0 Å². The van der Waals surface area contributed by atoms with Crippen LogP contribution in [0.15, 0.2) is 6.07 Å². The third-order valence-electron chi connectivity index (χ3n) is 2.19. The van der Waals surface area contributed by atoms with E-state index in [0.717, 1.165) is 6.07 Å². The Bertz CT molecular complexity index is 452. The SMILES string of the molecule is CCCc1nc(NN)cc(OCC(F)(F)C(F)(F)F)n1. The van der Waals surface area contributed by atoms with E-state index in [9.17, 15) is 22.0 Å². The Morgan fingerprint density at radius 1 is 1.25 bits per heavy atom. The highest BCUT2D eigenvalue weighted by Gasteiger charge is 2.58. The standard InChI is InChI=1S/C10H13F5N4O/c1-2-3-6-17-7(19-16)4-8(18-6)20-5-9(11,12)10(13,14)15/h4H,2-3,5,16H2,1H3,(H,17,18,19). The van der Waals surface area contributed by atoms with Crippen molar-refractivity contribution in [2.45, 2.75) is 31.9 Å². The lowest BCUT2D eigenvalue weighted by atomic mass is 10.3. The van der Waals surface area contributed by atoms with E-state index in [1.165, 1.54) is 0 Å². The fourth-order valence-corrected chi connectivity index (χ4v) is 1.20. The van der Waals surface area contributed by atoms with Crippen LogP contribution in [0, 0.1) is 0 Å². The van der Waals surface area contributed by atoms with Crippen molar-refractivity contribution in [3.63, 3.8) is 0 Å². The highest BCUT2D eigenvalue weighted by Crippen LogP contribution is 2.35. The van der Waals surface area contributed by atoms with Gasteiger partial charge in [0.1, 0.15) is 11.6 Å². The molecule has 0 bridgehead atoms. The normalized spacial score (nSPS) is 12.3. The average molecular weight is 300 g/mol. The lowest BCUT2D eigenvalue weighted by Crippen LogP contribution is -2.41. The van der Waals surface area contributed by atoms with E-state index < -0.39 is 24.6 Å². The molecule has 0 radical (unpaired) electrons. The smallest absolute Gasteiger partial charge is 0.456 e. The van der Waals surface area contributed by atoms with Crippen molar-refractivity contribution in [3.05, 3.63) is 11.9 Å². The van der Waals surface area contributed by atoms with Crippen LogP contribution in [0.4, 0.5) is 27.8 Å². The third-order valence-corrected chi connectivity index (χ3v) is 2.19. The maximum atomic E-state index is 12.7. The summed E-state index contributed by atoms with van der Waals surface area (Å²) in [6.45, 7) is -0.0344. The Hall–Kier alpha value is -1.71. The van der Waals surface area contributed by atoms with Gasteiger partial charge in [-0.25, -0.2) is 10.8 Å². The van der Waals surface area contributed by atoms with E-state index in [-0.39, 0.29) is 11.6 Å². The number of nitrogens with zero attached hydrogens (tertiary/aromatic N) is 2. The van der Waals surface area contributed by atoms with Gasteiger partial charge >= 0.3 is 12.1 Å². The molecule has 10 heteroatoms. The number of halogens is 5. The Morgan fingerprint density at radius 2 is 1.90 bits per heavy atom. The molecule has 20 heavy (non-hydrogen) atoms. The minimum Gasteiger partial charge on any atom is -0.471 e. The number of ether oxygens (including phenoxy) is 1. The number of rotatable bonds is 6. The molecule has 0 aliphatic rings. The van der Waals surface area contributed by atoms with Crippen molar-refractivity contribution >= 4 is 5.82 Å². The van der Waals surface area contributed by atoms with Crippen molar-refractivity contribution in [1.82, 2.24) is 9.97 Å². The van der Waals surface area contributed by atoms with E-state index in [4.69, 9.17) is 5.84 Å². The molecule has 0 spiro atoms. The fraction of sp³-hybridized carbons (Fsp3) is 0.600. The van der Waals surface area contributed by atoms with Crippen molar-refractivity contribution in [3.8, 4) is 5.88 Å². The van der Waals surface area contributed by atoms with Crippen LogP contribution in [0.25, 0.3) is 0 Å². The van der Waals surface area contributed by atoms with Gasteiger partial charge in [0, 0.05) is 12.5 Å². The zero-order valence-electron chi connectivity index (χ0n) is 10.5. The number of aryl methyl sites for hydroxylation is 1. The lowest BCUT2D eigenvalue weighted by molar-refractivity contribution is -0.290. The number of hydrazine groups is 1. The second-order valence-electron chi connectivity index (χ2n) is 3.89. The number of hydrogen-bond acceptors (Lipinski definition) is 5. The summed E-state index contributed by atoms with van der Waals surface area (Å²) in [6.07, 6.45) is -4.62. The van der Waals surface area contributed by atoms with Gasteiger partial charge in [-0.1, -0.05) is 6.92 Å². The molecule has 0 saturated carbocycles. The van der Waals surface area contributed by atoms with Crippen LogP contribution in [0.3, 0.4) is 0 Å². The van der Waals surface area contributed by atoms with Crippen LogP contribution in [0.2, 0.25) is 0 Å². The number of anilines is 1. The largest absolute Gasteiger partial charge is 0.471 e. The zero-order valence-corrected chi connectivity index (χ0v) is 10.5. The number of hydrogen-bond donors (Lipinski definition) is 2. The Balaban J connectivity index is 2.84. The summed E-state index contributed by atoms with van der Waals surface area (Å²) in [7, 11) is 0. The molecule has 3 N–H and O–H groups in total. The molecule has 1 aromatic rings. The summed E-state index contributed by atoms with van der Waals surface area (Å²) in [6, 6.07) is 1.03. The van der Waals surface area contributed by atoms with Gasteiger partial charge in [0.2, 0.25) is 5.88 Å². The monoisotopic (exact) mass is 300 g/mol. The van der Waals surface area contributed by atoms with Gasteiger partial charge in [0.15, 0.2) is 6.61 Å². The van der Waals surface area contributed by atoms with Gasteiger partial charge in [-0.15, -0.1) is 0 Å². The Labute approximate surface area is 111 Å². The summed E-state index contributed by atoms with van der Waals surface area (Å²) in [4.78, 5) is 7.62. The minimum absolute atomic E-state index is 0.0637. The molecule has 0 fully saturated rings. The van der Waals surface area contributed by atoms with Gasteiger partial charge in [-0.3, -0.25) is 0 Å². The molecule has 114 valence electrons. The molecule has 5 nitrogen and oxygen atoms in total. The summed E-state index contributed by atoms with van der Waals surface area (Å²) in [5.41, 5.74) is 2.15. The molecule has 1 rings (SSSR count). The second kappa shape index (κ2) is 6.16. The van der Waals surface area contributed by atoms with Crippen LogP contribution in [-0.4, -0.2) is 28.7 Å². The van der Waals surface area contributed by atoms with E-state index in [1.807, 2.05) is 6.92 Å². The fourth-order valence-electron chi connectivity index (χ4n) is 1.20. The molecule has 0 aromatic carbocycles. The highest BCUT2D eigenvalue weighted by atomic mass is 19.4. The first kappa shape index (κ1) is 16.3. The molecular formula is C10H13F5N4O. The molecule has 0 atom stereocenters. The first-order valence-electron chi connectivity index (χ1n) is 5.61. The van der Waals surface area contributed by atoms with E-state index in [0.29, 0.717) is 12.8 Å². The topological polar surface area (TPSA) is 73.1 Å². The summed E-state index contributed by atoms with van der Waals surface area (Å²) < 4.78 is 65.8. The van der Waals surface area contributed by atoms with Gasteiger partial charge in [-0.2, -0.15) is 26.9 Å². The molecule has 0 saturated heterocycles. The molecular weight excluding hydrogens is 287 g/mol. The summed E-state index contributed by atoms with van der Waals surface area (Å²) in [5, 5.41) is 0. The molecule has 0 aliphatic carbocycles. The highest BCUT2D eigenvalue weighted by molar-refractivity contribution is 5.37. The Kier molecular flexibility index (Phi) is 5.03. The summed E-state index contributed by atoms with van der Waals surface area (Å²) in [5.74, 6) is 0.0429. The number of nitrogen functional groups attached to an aromatic ring is 1. The number of alkyl halides is 5. The van der Waals surface area contributed by atoms with E-state index >= 15 is 0 Å². The molecule has 0 unspecified atom stereocenters. The maximum absolute atomic E-state index is 12.7. The van der Waals surface area contributed by atoms with Gasteiger partial charge in [-0.05, 0) is 6.42 Å². The number of nitrogens with two attached hydrogens (primary N) is 1. The van der Waals surface area contributed by atoms with Crippen LogP contribution in [0.1, 0.15) is 19.2 Å².